The molecule has 0 radical (unpaired) electrons. The number of amides is 1. The summed E-state index contributed by atoms with van der Waals surface area (Å²) in [7, 11) is -1.55. The van der Waals surface area contributed by atoms with Crippen LogP contribution in [0, 0.1) is 0 Å². The summed E-state index contributed by atoms with van der Waals surface area (Å²) >= 11 is 0. The molecule has 25 heavy (non-hydrogen) atoms. The molecular weight excluding hydrogens is 342 g/mol. The van der Waals surface area contributed by atoms with Crippen molar-refractivity contribution in [1.29, 1.82) is 0 Å². The maximum atomic E-state index is 12.5. The van der Waals surface area contributed by atoms with Crippen molar-refractivity contribution in [2.24, 2.45) is 0 Å². The van der Waals surface area contributed by atoms with E-state index in [9.17, 15) is 13.2 Å². The van der Waals surface area contributed by atoms with Crippen LogP contribution in [-0.2, 0) is 14.8 Å². The standard InChI is InChI=1S/C17H27N3O4S/c1-4-13-24-16-7-5-15(6-8-16)20(25(3,22)23)14-17(21)19-11-9-18(2)10-12-19/h5-8H,4,9-14H2,1-3H3. The van der Waals surface area contributed by atoms with E-state index in [1.54, 1.807) is 29.2 Å². The molecule has 1 aliphatic heterocycles. The third-order valence-electron chi connectivity index (χ3n) is 4.13. The van der Waals surface area contributed by atoms with E-state index in [2.05, 4.69) is 4.90 Å². The highest BCUT2D eigenvalue weighted by atomic mass is 32.2. The van der Waals surface area contributed by atoms with Gasteiger partial charge in [-0.05, 0) is 37.7 Å². The lowest BCUT2D eigenvalue weighted by Gasteiger charge is -2.34. The van der Waals surface area contributed by atoms with Crippen molar-refractivity contribution < 1.29 is 17.9 Å². The van der Waals surface area contributed by atoms with Gasteiger partial charge in [-0.3, -0.25) is 9.10 Å². The first-order valence-corrected chi connectivity index (χ1v) is 10.3. The van der Waals surface area contributed by atoms with Crippen molar-refractivity contribution in [2.45, 2.75) is 13.3 Å². The highest BCUT2D eigenvalue weighted by molar-refractivity contribution is 7.92. The first kappa shape index (κ1) is 19.5. The van der Waals surface area contributed by atoms with Gasteiger partial charge in [0.1, 0.15) is 12.3 Å². The van der Waals surface area contributed by atoms with Gasteiger partial charge in [-0.1, -0.05) is 6.92 Å². The van der Waals surface area contributed by atoms with Crippen LogP contribution < -0.4 is 9.04 Å². The Hall–Kier alpha value is -1.80. The summed E-state index contributed by atoms with van der Waals surface area (Å²) in [5.41, 5.74) is 0.467. The number of anilines is 1. The van der Waals surface area contributed by atoms with Crippen molar-refractivity contribution >= 4 is 21.6 Å². The smallest absolute Gasteiger partial charge is 0.243 e. The summed E-state index contributed by atoms with van der Waals surface area (Å²) in [6, 6.07) is 6.79. The summed E-state index contributed by atoms with van der Waals surface area (Å²) in [6.45, 7) is 5.29. The van der Waals surface area contributed by atoms with Gasteiger partial charge < -0.3 is 14.5 Å². The van der Waals surface area contributed by atoms with Crippen LogP contribution in [0.25, 0.3) is 0 Å². The number of hydrogen-bond donors (Lipinski definition) is 0. The Morgan fingerprint density at radius 3 is 2.28 bits per heavy atom. The lowest BCUT2D eigenvalue weighted by Crippen LogP contribution is -2.50. The molecule has 8 heteroatoms. The second-order valence-corrected chi connectivity index (χ2v) is 8.20. The zero-order chi connectivity index (χ0) is 18.4. The van der Waals surface area contributed by atoms with Crippen LogP contribution in [0.3, 0.4) is 0 Å². The van der Waals surface area contributed by atoms with Gasteiger partial charge in [0.15, 0.2) is 0 Å². The van der Waals surface area contributed by atoms with Crippen molar-refractivity contribution in [3.05, 3.63) is 24.3 Å². The summed E-state index contributed by atoms with van der Waals surface area (Å²) in [6.07, 6.45) is 2.02. The Balaban J connectivity index is 2.10. The number of likely N-dealkylation sites (N-methyl/N-ethyl adjacent to an activating group) is 1. The Kier molecular flexibility index (Phi) is 6.66. The molecule has 140 valence electrons. The second-order valence-electron chi connectivity index (χ2n) is 6.30. The first-order chi connectivity index (χ1) is 11.8. The van der Waals surface area contributed by atoms with Crippen LogP contribution in [0.2, 0.25) is 0 Å². The number of ether oxygens (including phenoxy) is 1. The number of carbonyl (C=O) groups excluding carboxylic acids is 1. The van der Waals surface area contributed by atoms with E-state index in [0.29, 0.717) is 31.1 Å². The fraction of sp³-hybridized carbons (Fsp3) is 0.588. The lowest BCUT2D eigenvalue weighted by molar-refractivity contribution is -0.131. The number of benzene rings is 1. The molecule has 7 nitrogen and oxygen atoms in total. The van der Waals surface area contributed by atoms with Gasteiger partial charge in [-0.15, -0.1) is 0 Å². The van der Waals surface area contributed by atoms with Gasteiger partial charge >= 0.3 is 0 Å². The van der Waals surface area contributed by atoms with Crippen molar-refractivity contribution in [3.63, 3.8) is 0 Å². The third kappa shape index (κ3) is 5.61. The molecule has 0 spiro atoms. The molecule has 1 heterocycles. The molecule has 0 aromatic heterocycles. The Bertz CT molecular complexity index is 668. The van der Waals surface area contributed by atoms with Crippen molar-refractivity contribution in [1.82, 2.24) is 9.80 Å². The summed E-state index contributed by atoms with van der Waals surface area (Å²) in [5, 5.41) is 0. The number of carbonyl (C=O) groups is 1. The highest BCUT2D eigenvalue weighted by Crippen LogP contribution is 2.22. The van der Waals surface area contributed by atoms with Crippen LogP contribution in [0.4, 0.5) is 5.69 Å². The van der Waals surface area contributed by atoms with Gasteiger partial charge in [0.25, 0.3) is 0 Å². The van der Waals surface area contributed by atoms with E-state index in [4.69, 9.17) is 4.74 Å². The van der Waals surface area contributed by atoms with Crippen LogP contribution in [0.15, 0.2) is 24.3 Å². The van der Waals surface area contributed by atoms with Gasteiger partial charge in [0, 0.05) is 26.2 Å². The van der Waals surface area contributed by atoms with E-state index in [1.165, 1.54) is 0 Å². The average Bonchev–Trinajstić information content (AvgIpc) is 2.58. The van der Waals surface area contributed by atoms with Crippen molar-refractivity contribution in [3.8, 4) is 5.75 Å². The minimum Gasteiger partial charge on any atom is -0.494 e. The van der Waals surface area contributed by atoms with Gasteiger partial charge in [0.05, 0.1) is 18.6 Å². The molecule has 1 aromatic carbocycles. The number of sulfonamides is 1. The van der Waals surface area contributed by atoms with Gasteiger partial charge in [-0.2, -0.15) is 0 Å². The molecule has 0 aliphatic carbocycles. The SMILES string of the molecule is CCCOc1ccc(N(CC(=O)N2CCN(C)CC2)S(C)(=O)=O)cc1. The molecule has 0 N–H and O–H groups in total. The molecule has 2 rings (SSSR count). The van der Waals surface area contributed by atoms with Crippen LogP contribution in [-0.4, -0.2) is 76.8 Å². The topological polar surface area (TPSA) is 70.2 Å². The zero-order valence-electron chi connectivity index (χ0n) is 15.1. The third-order valence-corrected chi connectivity index (χ3v) is 5.27. The minimum atomic E-state index is -3.56. The quantitative estimate of drug-likeness (QED) is 0.718. The number of piperazine rings is 1. The summed E-state index contributed by atoms with van der Waals surface area (Å²) in [4.78, 5) is 16.4. The van der Waals surface area contributed by atoms with E-state index in [1.807, 2.05) is 14.0 Å². The minimum absolute atomic E-state index is 0.176. The Labute approximate surface area is 150 Å². The van der Waals surface area contributed by atoms with E-state index in [-0.39, 0.29) is 12.5 Å². The summed E-state index contributed by atoms with van der Waals surface area (Å²) in [5.74, 6) is 0.509. The fourth-order valence-electron chi connectivity index (χ4n) is 2.61. The highest BCUT2D eigenvalue weighted by Gasteiger charge is 2.25. The second kappa shape index (κ2) is 8.53. The maximum Gasteiger partial charge on any atom is 0.243 e. The van der Waals surface area contributed by atoms with Crippen LogP contribution in [0.5, 0.6) is 5.75 Å². The summed E-state index contributed by atoms with van der Waals surface area (Å²) < 4.78 is 31.0. The van der Waals surface area contributed by atoms with Crippen LogP contribution in [0.1, 0.15) is 13.3 Å². The molecule has 1 aliphatic rings. The average molecular weight is 369 g/mol. The number of rotatable bonds is 7. The van der Waals surface area contributed by atoms with E-state index < -0.39 is 10.0 Å². The Morgan fingerprint density at radius 1 is 1.16 bits per heavy atom. The predicted molar refractivity (Wildman–Crippen MR) is 98.5 cm³/mol. The molecule has 0 unspecified atom stereocenters. The Morgan fingerprint density at radius 2 is 1.76 bits per heavy atom. The van der Waals surface area contributed by atoms with Gasteiger partial charge in [0.2, 0.25) is 15.9 Å². The zero-order valence-corrected chi connectivity index (χ0v) is 16.0. The molecule has 1 fully saturated rings. The first-order valence-electron chi connectivity index (χ1n) is 8.48. The fourth-order valence-corrected chi connectivity index (χ4v) is 3.46. The van der Waals surface area contributed by atoms with Crippen molar-refractivity contribution in [2.75, 3.05) is 56.9 Å². The largest absolute Gasteiger partial charge is 0.494 e. The molecule has 1 aromatic rings. The van der Waals surface area contributed by atoms with E-state index >= 15 is 0 Å². The normalized spacial score (nSPS) is 15.9. The van der Waals surface area contributed by atoms with Gasteiger partial charge in [-0.25, -0.2) is 8.42 Å². The molecule has 1 amide bonds. The molecular formula is C17H27N3O4S. The molecule has 0 bridgehead atoms. The maximum absolute atomic E-state index is 12.5. The molecule has 0 saturated carbocycles. The molecule has 1 saturated heterocycles. The van der Waals surface area contributed by atoms with Crippen LogP contribution >= 0.6 is 0 Å². The number of hydrogen-bond acceptors (Lipinski definition) is 5. The monoisotopic (exact) mass is 369 g/mol. The lowest BCUT2D eigenvalue weighted by atomic mass is 10.3. The predicted octanol–water partition coefficient (Wildman–Crippen LogP) is 1.02. The number of nitrogens with zero attached hydrogens (tertiary/aromatic N) is 3. The van der Waals surface area contributed by atoms with E-state index in [0.717, 1.165) is 30.1 Å². The molecule has 0 atom stereocenters.